The van der Waals surface area contributed by atoms with Crippen LogP contribution in [0.2, 0.25) is 0 Å². The molecule has 0 radical (unpaired) electrons. The van der Waals surface area contributed by atoms with Gasteiger partial charge in [-0.25, -0.2) is 4.39 Å². The van der Waals surface area contributed by atoms with Crippen LogP contribution in [0.15, 0.2) is 47.5 Å². The third-order valence-electron chi connectivity index (χ3n) is 3.66. The third-order valence-corrected chi connectivity index (χ3v) is 3.66. The van der Waals surface area contributed by atoms with E-state index in [4.69, 9.17) is 9.47 Å². The zero-order valence-electron chi connectivity index (χ0n) is 15.9. The lowest BCUT2D eigenvalue weighted by atomic mass is 10.2. The average Bonchev–Trinajstić information content (AvgIpc) is 2.67. The largest absolute Gasteiger partial charge is 0.493 e. The number of rotatable bonds is 7. The van der Waals surface area contributed by atoms with E-state index in [0.717, 1.165) is 5.56 Å². The lowest BCUT2D eigenvalue weighted by Crippen LogP contribution is -2.41. The minimum atomic E-state index is -0.409. The minimum Gasteiger partial charge on any atom is -0.493 e. The van der Waals surface area contributed by atoms with Gasteiger partial charge in [-0.3, -0.25) is 9.79 Å². The maximum atomic E-state index is 13.1. The van der Waals surface area contributed by atoms with E-state index < -0.39 is 5.82 Å². The van der Waals surface area contributed by atoms with Crippen molar-refractivity contribution < 1.29 is 18.7 Å². The number of amides is 1. The predicted molar refractivity (Wildman–Crippen MR) is 118 cm³/mol. The van der Waals surface area contributed by atoms with E-state index in [2.05, 4.69) is 20.9 Å². The monoisotopic (exact) mass is 502 g/mol. The molecule has 0 fully saturated rings. The number of ether oxygens (including phenoxy) is 2. The van der Waals surface area contributed by atoms with Crippen LogP contribution in [0.5, 0.6) is 11.5 Å². The molecule has 1 amide bonds. The van der Waals surface area contributed by atoms with Crippen molar-refractivity contribution in [3.8, 4) is 11.5 Å². The number of guanidine groups is 1. The molecule has 0 aliphatic heterocycles. The molecule has 3 N–H and O–H groups in total. The number of benzene rings is 2. The summed E-state index contributed by atoms with van der Waals surface area (Å²) in [6, 6.07) is 11.3. The molecule has 0 aliphatic rings. The lowest BCUT2D eigenvalue weighted by Gasteiger charge is -2.13. The van der Waals surface area contributed by atoms with Crippen LogP contribution in [0.1, 0.15) is 5.56 Å². The first-order valence-electron chi connectivity index (χ1n) is 8.26. The Labute approximate surface area is 180 Å². The molecule has 2 aromatic carbocycles. The summed E-state index contributed by atoms with van der Waals surface area (Å²) in [5.41, 5.74) is 1.36. The molecule has 9 heteroatoms. The molecular formula is C19H24FIN4O3. The number of carbonyl (C=O) groups excluding carboxylic acids is 1. The summed E-state index contributed by atoms with van der Waals surface area (Å²) in [7, 11) is 4.76. The average molecular weight is 502 g/mol. The summed E-state index contributed by atoms with van der Waals surface area (Å²) in [6.45, 7) is 0.466. The Bertz CT molecular complexity index is 818. The van der Waals surface area contributed by atoms with Crippen LogP contribution in [0.3, 0.4) is 0 Å². The van der Waals surface area contributed by atoms with Crippen molar-refractivity contribution in [3.05, 3.63) is 53.8 Å². The van der Waals surface area contributed by atoms with E-state index in [0.29, 0.717) is 29.7 Å². The molecule has 0 bridgehead atoms. The molecular weight excluding hydrogens is 478 g/mol. The van der Waals surface area contributed by atoms with Gasteiger partial charge in [0.1, 0.15) is 5.82 Å². The number of carbonyl (C=O) groups is 1. The highest BCUT2D eigenvalue weighted by Crippen LogP contribution is 2.27. The van der Waals surface area contributed by atoms with E-state index >= 15 is 0 Å². The van der Waals surface area contributed by atoms with Gasteiger partial charge in [0, 0.05) is 19.3 Å². The second-order valence-corrected chi connectivity index (χ2v) is 5.53. The highest BCUT2D eigenvalue weighted by Gasteiger charge is 2.07. The molecule has 2 rings (SSSR count). The van der Waals surface area contributed by atoms with E-state index in [1.54, 1.807) is 27.3 Å². The molecule has 0 spiro atoms. The number of nitrogens with one attached hydrogen (secondary N) is 3. The summed E-state index contributed by atoms with van der Waals surface area (Å²) < 4.78 is 23.6. The van der Waals surface area contributed by atoms with Gasteiger partial charge in [0.2, 0.25) is 5.91 Å². The molecule has 0 saturated heterocycles. The van der Waals surface area contributed by atoms with Gasteiger partial charge in [0.15, 0.2) is 17.5 Å². The van der Waals surface area contributed by atoms with Gasteiger partial charge < -0.3 is 25.4 Å². The van der Waals surface area contributed by atoms with Gasteiger partial charge in [-0.15, -0.1) is 24.0 Å². The molecule has 0 saturated carbocycles. The second-order valence-electron chi connectivity index (χ2n) is 5.53. The van der Waals surface area contributed by atoms with E-state index in [-0.39, 0.29) is 36.4 Å². The maximum Gasteiger partial charge on any atom is 0.243 e. The lowest BCUT2D eigenvalue weighted by molar-refractivity contribution is -0.115. The van der Waals surface area contributed by atoms with Crippen LogP contribution in [0, 0.1) is 5.82 Å². The Balaban J connectivity index is 0.00000392. The molecule has 0 atom stereocenters. The number of nitrogens with zero attached hydrogens (tertiary/aromatic N) is 1. The van der Waals surface area contributed by atoms with Crippen LogP contribution in [-0.4, -0.2) is 39.7 Å². The molecule has 0 aromatic heterocycles. The first kappa shape index (κ1) is 23.5. The first-order valence-corrected chi connectivity index (χ1v) is 8.26. The van der Waals surface area contributed by atoms with Crippen molar-refractivity contribution in [1.29, 1.82) is 0 Å². The minimum absolute atomic E-state index is 0. The van der Waals surface area contributed by atoms with E-state index in [1.165, 1.54) is 18.2 Å². The van der Waals surface area contributed by atoms with Crippen molar-refractivity contribution in [2.24, 2.45) is 4.99 Å². The van der Waals surface area contributed by atoms with Gasteiger partial charge >= 0.3 is 0 Å². The number of methoxy groups -OCH3 is 2. The Morgan fingerprint density at radius 1 is 1.07 bits per heavy atom. The fraction of sp³-hybridized carbons (Fsp3) is 0.263. The number of hydrogen-bond acceptors (Lipinski definition) is 4. The first-order chi connectivity index (χ1) is 13.0. The molecule has 0 aliphatic carbocycles. The number of hydrogen-bond donors (Lipinski definition) is 3. The SMILES string of the molecule is CN=C(NCC(=O)Nc1cccc(F)c1)NCc1ccc(OC)c(OC)c1.I. The second kappa shape index (κ2) is 12.0. The number of halogens is 2. The highest BCUT2D eigenvalue weighted by atomic mass is 127. The van der Waals surface area contributed by atoms with Crippen molar-refractivity contribution >= 4 is 41.5 Å². The van der Waals surface area contributed by atoms with Crippen molar-refractivity contribution in [2.75, 3.05) is 33.1 Å². The summed E-state index contributed by atoms with van der Waals surface area (Å²) in [5.74, 6) is 1.02. The molecule has 152 valence electrons. The van der Waals surface area contributed by atoms with Gasteiger partial charge in [0.05, 0.1) is 20.8 Å². The molecule has 0 unspecified atom stereocenters. The van der Waals surface area contributed by atoms with Crippen LogP contribution in [-0.2, 0) is 11.3 Å². The summed E-state index contributed by atoms with van der Waals surface area (Å²) >= 11 is 0. The fourth-order valence-corrected chi connectivity index (χ4v) is 2.33. The molecule has 7 nitrogen and oxygen atoms in total. The van der Waals surface area contributed by atoms with Crippen molar-refractivity contribution in [2.45, 2.75) is 6.54 Å². The van der Waals surface area contributed by atoms with Gasteiger partial charge in [0.25, 0.3) is 0 Å². The zero-order chi connectivity index (χ0) is 19.6. The molecule has 0 heterocycles. The summed E-state index contributed by atoms with van der Waals surface area (Å²) in [4.78, 5) is 16.0. The number of aliphatic imine (C=N–C) groups is 1. The van der Waals surface area contributed by atoms with E-state index in [1.807, 2.05) is 18.2 Å². The Morgan fingerprint density at radius 2 is 1.82 bits per heavy atom. The zero-order valence-corrected chi connectivity index (χ0v) is 18.2. The third kappa shape index (κ3) is 7.22. The van der Waals surface area contributed by atoms with Crippen LogP contribution < -0.4 is 25.4 Å². The smallest absolute Gasteiger partial charge is 0.243 e. The molecule has 28 heavy (non-hydrogen) atoms. The van der Waals surface area contributed by atoms with E-state index in [9.17, 15) is 9.18 Å². The normalized spacial score (nSPS) is 10.5. The van der Waals surface area contributed by atoms with Crippen LogP contribution >= 0.6 is 24.0 Å². The summed E-state index contributed by atoms with van der Waals surface area (Å²) in [6.07, 6.45) is 0. The Hall–Kier alpha value is -2.56. The Kier molecular flexibility index (Phi) is 10.1. The highest BCUT2D eigenvalue weighted by molar-refractivity contribution is 14.0. The summed E-state index contributed by atoms with van der Waals surface area (Å²) in [5, 5.41) is 8.62. The fourth-order valence-electron chi connectivity index (χ4n) is 2.33. The van der Waals surface area contributed by atoms with Gasteiger partial charge in [-0.2, -0.15) is 0 Å². The number of anilines is 1. The quantitative estimate of drug-likeness (QED) is 0.308. The Morgan fingerprint density at radius 3 is 2.46 bits per heavy atom. The topological polar surface area (TPSA) is 84.0 Å². The standard InChI is InChI=1S/C19H23FN4O3.HI/c1-21-19(22-11-13-7-8-16(26-2)17(9-13)27-3)23-12-18(25)24-15-6-4-5-14(20)10-15;/h4-10H,11-12H2,1-3H3,(H,24,25)(H2,21,22,23);1H. The van der Waals surface area contributed by atoms with Gasteiger partial charge in [-0.05, 0) is 35.9 Å². The molecule has 2 aromatic rings. The van der Waals surface area contributed by atoms with Crippen molar-refractivity contribution in [1.82, 2.24) is 10.6 Å². The van der Waals surface area contributed by atoms with Crippen molar-refractivity contribution in [3.63, 3.8) is 0 Å². The predicted octanol–water partition coefficient (Wildman–Crippen LogP) is 2.76. The van der Waals surface area contributed by atoms with Crippen LogP contribution in [0.25, 0.3) is 0 Å². The van der Waals surface area contributed by atoms with Gasteiger partial charge in [-0.1, -0.05) is 12.1 Å². The van der Waals surface area contributed by atoms with Crippen LogP contribution in [0.4, 0.5) is 10.1 Å². The maximum absolute atomic E-state index is 13.1.